The predicted octanol–water partition coefficient (Wildman–Crippen LogP) is 5.03. The van der Waals surface area contributed by atoms with E-state index in [2.05, 4.69) is 55.1 Å². The lowest BCUT2D eigenvalue weighted by molar-refractivity contribution is 0.102. The fourth-order valence-corrected chi connectivity index (χ4v) is 3.89. The maximum absolute atomic E-state index is 12.3. The Morgan fingerprint density at radius 1 is 1.33 bits per heavy atom. The summed E-state index contributed by atoms with van der Waals surface area (Å²) in [5.41, 5.74) is 2.77. The SMILES string of the molecule is CC1=CC(OCC(C)C)=CC(C)C1c1csc(NC(=O)c2ccncc2)n1. The van der Waals surface area contributed by atoms with Crippen molar-refractivity contribution < 1.29 is 9.53 Å². The molecule has 2 aromatic heterocycles. The van der Waals surface area contributed by atoms with Gasteiger partial charge in [-0.2, -0.15) is 0 Å². The lowest BCUT2D eigenvalue weighted by Gasteiger charge is -2.26. The first kappa shape index (κ1) is 19.3. The van der Waals surface area contributed by atoms with Crippen LogP contribution in [0.2, 0.25) is 0 Å². The molecule has 0 bridgehead atoms. The highest BCUT2D eigenvalue weighted by Crippen LogP contribution is 2.38. The number of hydrogen-bond donors (Lipinski definition) is 1. The Labute approximate surface area is 164 Å². The van der Waals surface area contributed by atoms with Gasteiger partial charge < -0.3 is 4.74 Å². The minimum absolute atomic E-state index is 0.175. The lowest BCUT2D eigenvalue weighted by atomic mass is 9.81. The summed E-state index contributed by atoms with van der Waals surface area (Å²) >= 11 is 1.45. The van der Waals surface area contributed by atoms with Gasteiger partial charge in [-0.25, -0.2) is 4.98 Å². The predicted molar refractivity (Wildman–Crippen MR) is 109 cm³/mol. The Kier molecular flexibility index (Phi) is 6.06. The average Bonchev–Trinajstić information content (AvgIpc) is 3.08. The van der Waals surface area contributed by atoms with Crippen molar-refractivity contribution >= 4 is 22.4 Å². The zero-order chi connectivity index (χ0) is 19.4. The molecule has 0 fully saturated rings. The van der Waals surface area contributed by atoms with Gasteiger partial charge in [0.2, 0.25) is 0 Å². The molecule has 2 aromatic rings. The van der Waals surface area contributed by atoms with Crippen LogP contribution in [0.5, 0.6) is 0 Å². The van der Waals surface area contributed by atoms with Crippen molar-refractivity contribution in [3.05, 3.63) is 64.6 Å². The molecular formula is C21H25N3O2S. The molecule has 0 saturated heterocycles. The molecule has 27 heavy (non-hydrogen) atoms. The number of pyridine rings is 1. The van der Waals surface area contributed by atoms with E-state index in [4.69, 9.17) is 4.74 Å². The van der Waals surface area contributed by atoms with Crippen molar-refractivity contribution in [2.24, 2.45) is 11.8 Å². The van der Waals surface area contributed by atoms with Gasteiger partial charge in [-0.15, -0.1) is 11.3 Å². The third-order valence-electron chi connectivity index (χ3n) is 4.40. The normalized spacial score (nSPS) is 19.4. The number of amides is 1. The first-order valence-corrected chi connectivity index (χ1v) is 10.0. The third-order valence-corrected chi connectivity index (χ3v) is 5.18. The number of ether oxygens (including phenoxy) is 1. The molecular weight excluding hydrogens is 358 g/mol. The summed E-state index contributed by atoms with van der Waals surface area (Å²) in [7, 11) is 0. The van der Waals surface area contributed by atoms with Crippen molar-refractivity contribution in [2.45, 2.75) is 33.6 Å². The van der Waals surface area contributed by atoms with Gasteiger partial charge >= 0.3 is 0 Å². The zero-order valence-corrected chi connectivity index (χ0v) is 16.9. The number of carbonyl (C=O) groups excluding carboxylic acids is 1. The molecule has 142 valence electrons. The zero-order valence-electron chi connectivity index (χ0n) is 16.1. The van der Waals surface area contributed by atoms with Crippen molar-refractivity contribution in [3.63, 3.8) is 0 Å². The number of nitrogens with one attached hydrogen (secondary N) is 1. The number of hydrogen-bond acceptors (Lipinski definition) is 5. The smallest absolute Gasteiger partial charge is 0.257 e. The quantitative estimate of drug-likeness (QED) is 0.760. The maximum atomic E-state index is 12.3. The molecule has 0 spiro atoms. The average molecular weight is 384 g/mol. The van der Waals surface area contributed by atoms with E-state index in [1.54, 1.807) is 24.5 Å². The second-order valence-corrected chi connectivity index (χ2v) is 8.12. The van der Waals surface area contributed by atoms with Gasteiger partial charge in [0.25, 0.3) is 5.91 Å². The Hall–Kier alpha value is -2.47. The van der Waals surface area contributed by atoms with E-state index in [0.29, 0.717) is 16.6 Å². The molecule has 0 radical (unpaired) electrons. The van der Waals surface area contributed by atoms with Gasteiger partial charge in [0, 0.05) is 29.3 Å². The number of aromatic nitrogens is 2. The molecule has 1 N–H and O–H groups in total. The maximum Gasteiger partial charge on any atom is 0.257 e. The van der Waals surface area contributed by atoms with Gasteiger partial charge in [0.05, 0.1) is 12.3 Å². The molecule has 2 heterocycles. The van der Waals surface area contributed by atoms with Crippen molar-refractivity contribution in [1.82, 2.24) is 9.97 Å². The highest BCUT2D eigenvalue weighted by molar-refractivity contribution is 7.14. The summed E-state index contributed by atoms with van der Waals surface area (Å²) in [4.78, 5) is 20.9. The molecule has 1 aliphatic carbocycles. The van der Waals surface area contributed by atoms with Crippen LogP contribution in [-0.4, -0.2) is 22.5 Å². The molecule has 0 saturated carbocycles. The molecule has 3 rings (SSSR count). The molecule has 2 unspecified atom stereocenters. The molecule has 6 heteroatoms. The number of nitrogens with zero attached hydrogens (tertiary/aromatic N) is 2. The van der Waals surface area contributed by atoms with Crippen LogP contribution in [0.3, 0.4) is 0 Å². The fourth-order valence-electron chi connectivity index (χ4n) is 3.15. The summed E-state index contributed by atoms with van der Waals surface area (Å²) in [5.74, 6) is 1.73. The van der Waals surface area contributed by atoms with E-state index < -0.39 is 0 Å². The highest BCUT2D eigenvalue weighted by atomic mass is 32.1. The van der Waals surface area contributed by atoms with Crippen molar-refractivity contribution in [2.75, 3.05) is 11.9 Å². The second kappa shape index (κ2) is 8.48. The molecule has 1 aliphatic rings. The first-order valence-electron chi connectivity index (χ1n) is 9.13. The van der Waals surface area contributed by atoms with Gasteiger partial charge in [0.15, 0.2) is 5.13 Å². The summed E-state index contributed by atoms with van der Waals surface area (Å²) in [6, 6.07) is 3.37. The number of thiazole rings is 1. The Bertz CT molecular complexity index is 855. The van der Waals surface area contributed by atoms with E-state index in [0.717, 1.165) is 18.1 Å². The molecule has 0 aromatic carbocycles. The van der Waals surface area contributed by atoms with Gasteiger partial charge in [-0.05, 0) is 43.0 Å². The number of allylic oxidation sites excluding steroid dienone is 3. The Morgan fingerprint density at radius 3 is 2.74 bits per heavy atom. The van der Waals surface area contributed by atoms with E-state index in [9.17, 15) is 4.79 Å². The monoisotopic (exact) mass is 383 g/mol. The van der Waals surface area contributed by atoms with Crippen LogP contribution in [0, 0.1) is 11.8 Å². The fraction of sp³-hybridized carbons (Fsp3) is 0.381. The molecule has 2 atom stereocenters. The van der Waals surface area contributed by atoms with Crippen molar-refractivity contribution in [1.29, 1.82) is 0 Å². The molecule has 1 amide bonds. The van der Waals surface area contributed by atoms with Crippen LogP contribution in [-0.2, 0) is 4.74 Å². The van der Waals surface area contributed by atoms with Crippen LogP contribution < -0.4 is 5.32 Å². The molecule has 5 nitrogen and oxygen atoms in total. The minimum Gasteiger partial charge on any atom is -0.494 e. The topological polar surface area (TPSA) is 64.1 Å². The van der Waals surface area contributed by atoms with E-state index >= 15 is 0 Å². The largest absolute Gasteiger partial charge is 0.494 e. The summed E-state index contributed by atoms with van der Waals surface area (Å²) in [5, 5.41) is 5.50. The van der Waals surface area contributed by atoms with Crippen LogP contribution in [0.1, 0.15) is 49.7 Å². The number of rotatable bonds is 6. The summed E-state index contributed by atoms with van der Waals surface area (Å²) in [6.07, 6.45) is 7.47. The Balaban J connectivity index is 1.69. The van der Waals surface area contributed by atoms with E-state index in [-0.39, 0.29) is 17.7 Å². The van der Waals surface area contributed by atoms with E-state index in [1.807, 2.05) is 5.38 Å². The van der Waals surface area contributed by atoms with Crippen LogP contribution in [0.25, 0.3) is 0 Å². The standard InChI is InChI=1S/C21H25N3O2S/c1-13(2)11-26-17-9-14(3)19(15(4)10-17)18-12-27-21(23-18)24-20(25)16-5-7-22-8-6-16/h5-10,12-14,19H,11H2,1-4H3,(H,23,24,25). The van der Waals surface area contributed by atoms with Crippen LogP contribution in [0.15, 0.2) is 53.4 Å². The number of anilines is 1. The van der Waals surface area contributed by atoms with Crippen LogP contribution in [0.4, 0.5) is 5.13 Å². The minimum atomic E-state index is -0.175. The van der Waals surface area contributed by atoms with Crippen molar-refractivity contribution in [3.8, 4) is 0 Å². The van der Waals surface area contributed by atoms with Crippen LogP contribution >= 0.6 is 11.3 Å². The second-order valence-electron chi connectivity index (χ2n) is 7.27. The number of carbonyl (C=O) groups is 1. The molecule has 0 aliphatic heterocycles. The Morgan fingerprint density at radius 2 is 2.07 bits per heavy atom. The summed E-state index contributed by atoms with van der Waals surface area (Å²) in [6.45, 7) is 9.29. The third kappa shape index (κ3) is 4.83. The first-order chi connectivity index (χ1) is 12.9. The summed E-state index contributed by atoms with van der Waals surface area (Å²) < 4.78 is 5.88. The van der Waals surface area contributed by atoms with Gasteiger partial charge in [-0.1, -0.05) is 26.3 Å². The lowest BCUT2D eigenvalue weighted by Crippen LogP contribution is -2.16. The highest BCUT2D eigenvalue weighted by Gasteiger charge is 2.26. The van der Waals surface area contributed by atoms with Gasteiger partial charge in [-0.3, -0.25) is 15.1 Å². The van der Waals surface area contributed by atoms with Gasteiger partial charge in [0.1, 0.15) is 5.76 Å². The van der Waals surface area contributed by atoms with E-state index in [1.165, 1.54) is 16.9 Å².